The third-order valence-electron chi connectivity index (χ3n) is 2.86. The predicted octanol–water partition coefficient (Wildman–Crippen LogP) is 2.71. The monoisotopic (exact) mass is 242 g/mol. The molecule has 1 aromatic heterocycles. The van der Waals surface area contributed by atoms with Crippen LogP contribution in [0.2, 0.25) is 5.15 Å². The number of rotatable bonds is 4. The zero-order valence-corrected chi connectivity index (χ0v) is 10.0. The molecule has 1 heterocycles. The summed E-state index contributed by atoms with van der Waals surface area (Å²) >= 11 is 5.87. The van der Waals surface area contributed by atoms with E-state index in [1.165, 1.54) is 39.1 Å². The smallest absolute Gasteiger partial charge is 0.261 e. The molecule has 0 unspecified atom stereocenters. The van der Waals surface area contributed by atoms with E-state index in [9.17, 15) is 0 Å². The molecular weight excluding hydrogens is 228 g/mol. The van der Waals surface area contributed by atoms with Gasteiger partial charge in [0.25, 0.3) is 5.88 Å². The summed E-state index contributed by atoms with van der Waals surface area (Å²) in [4.78, 5) is 7.87. The summed E-state index contributed by atoms with van der Waals surface area (Å²) in [5.74, 6) is 1.50. The SMILES string of the molecule is COc1c(Cl)ncnc1OCC1CCCC1. The highest BCUT2D eigenvalue weighted by atomic mass is 35.5. The molecule has 0 radical (unpaired) electrons. The second kappa shape index (κ2) is 5.34. The zero-order chi connectivity index (χ0) is 11.4. The van der Waals surface area contributed by atoms with Crippen LogP contribution in [0, 0.1) is 5.92 Å². The van der Waals surface area contributed by atoms with Gasteiger partial charge in [-0.15, -0.1) is 0 Å². The molecule has 0 aromatic carbocycles. The van der Waals surface area contributed by atoms with E-state index in [1.54, 1.807) is 0 Å². The van der Waals surface area contributed by atoms with E-state index in [-0.39, 0.29) is 0 Å². The van der Waals surface area contributed by atoms with Crippen LogP contribution in [0.25, 0.3) is 0 Å². The van der Waals surface area contributed by atoms with Crippen LogP contribution < -0.4 is 9.47 Å². The van der Waals surface area contributed by atoms with Gasteiger partial charge in [-0.2, -0.15) is 4.98 Å². The normalized spacial score (nSPS) is 16.4. The van der Waals surface area contributed by atoms with Gasteiger partial charge in [0, 0.05) is 0 Å². The van der Waals surface area contributed by atoms with E-state index in [1.807, 2.05) is 0 Å². The molecule has 1 saturated carbocycles. The molecule has 0 atom stereocenters. The average Bonchev–Trinajstić information content (AvgIpc) is 2.79. The first kappa shape index (κ1) is 11.5. The molecule has 0 aliphatic heterocycles. The number of halogens is 1. The molecule has 1 aliphatic carbocycles. The second-order valence-corrected chi connectivity index (χ2v) is 4.32. The summed E-state index contributed by atoms with van der Waals surface area (Å²) in [7, 11) is 1.53. The summed E-state index contributed by atoms with van der Waals surface area (Å²) in [6.45, 7) is 0.684. The predicted molar refractivity (Wildman–Crippen MR) is 61.0 cm³/mol. The van der Waals surface area contributed by atoms with Crippen LogP contribution in [0.4, 0.5) is 0 Å². The standard InChI is InChI=1S/C11H15ClN2O2/c1-15-9-10(12)13-7-14-11(9)16-6-8-4-2-3-5-8/h7-8H,2-6H2,1H3. The topological polar surface area (TPSA) is 44.2 Å². The van der Waals surface area contributed by atoms with Gasteiger partial charge in [-0.3, -0.25) is 0 Å². The van der Waals surface area contributed by atoms with Crippen LogP contribution in [-0.4, -0.2) is 23.7 Å². The maximum Gasteiger partial charge on any atom is 0.261 e. The Kier molecular flexibility index (Phi) is 3.83. The van der Waals surface area contributed by atoms with Crippen molar-refractivity contribution in [1.29, 1.82) is 0 Å². The van der Waals surface area contributed by atoms with Crippen molar-refractivity contribution < 1.29 is 9.47 Å². The molecule has 0 bridgehead atoms. The van der Waals surface area contributed by atoms with Crippen molar-refractivity contribution in [3.05, 3.63) is 11.5 Å². The Morgan fingerprint density at radius 2 is 2.12 bits per heavy atom. The molecule has 4 nitrogen and oxygen atoms in total. The fraction of sp³-hybridized carbons (Fsp3) is 0.636. The van der Waals surface area contributed by atoms with Crippen molar-refractivity contribution in [3.8, 4) is 11.6 Å². The lowest BCUT2D eigenvalue weighted by molar-refractivity contribution is 0.231. The van der Waals surface area contributed by atoms with Gasteiger partial charge < -0.3 is 9.47 Å². The van der Waals surface area contributed by atoms with Crippen LogP contribution >= 0.6 is 11.6 Å². The third kappa shape index (κ3) is 2.55. The van der Waals surface area contributed by atoms with Crippen molar-refractivity contribution in [3.63, 3.8) is 0 Å². The van der Waals surface area contributed by atoms with E-state index >= 15 is 0 Å². The molecule has 0 N–H and O–H groups in total. The van der Waals surface area contributed by atoms with Gasteiger partial charge in [0.05, 0.1) is 13.7 Å². The summed E-state index contributed by atoms with van der Waals surface area (Å²) < 4.78 is 10.7. The molecule has 0 saturated heterocycles. The van der Waals surface area contributed by atoms with E-state index in [2.05, 4.69) is 9.97 Å². The molecule has 16 heavy (non-hydrogen) atoms. The minimum absolute atomic E-state index is 0.291. The summed E-state index contributed by atoms with van der Waals surface area (Å²) in [6, 6.07) is 0. The van der Waals surface area contributed by atoms with Gasteiger partial charge in [-0.1, -0.05) is 24.4 Å². The van der Waals surface area contributed by atoms with E-state index in [0.717, 1.165) is 0 Å². The Morgan fingerprint density at radius 1 is 1.38 bits per heavy atom. The highest BCUT2D eigenvalue weighted by molar-refractivity contribution is 6.31. The number of methoxy groups -OCH3 is 1. The highest BCUT2D eigenvalue weighted by Gasteiger charge is 2.18. The van der Waals surface area contributed by atoms with E-state index in [4.69, 9.17) is 21.1 Å². The Balaban J connectivity index is 2.00. The molecule has 5 heteroatoms. The number of ether oxygens (including phenoxy) is 2. The fourth-order valence-corrected chi connectivity index (χ4v) is 2.19. The quantitative estimate of drug-likeness (QED) is 0.762. The average molecular weight is 243 g/mol. The van der Waals surface area contributed by atoms with Crippen molar-refractivity contribution in [2.45, 2.75) is 25.7 Å². The Labute approximate surface area is 99.9 Å². The first-order valence-corrected chi connectivity index (χ1v) is 5.86. The maximum absolute atomic E-state index is 5.87. The van der Waals surface area contributed by atoms with Gasteiger partial charge >= 0.3 is 0 Å². The second-order valence-electron chi connectivity index (χ2n) is 3.96. The van der Waals surface area contributed by atoms with Crippen molar-refractivity contribution in [1.82, 2.24) is 9.97 Å². The Bertz CT molecular complexity index is 354. The lowest BCUT2D eigenvalue weighted by Gasteiger charge is -2.12. The number of aromatic nitrogens is 2. The van der Waals surface area contributed by atoms with Crippen molar-refractivity contribution in [2.24, 2.45) is 5.92 Å². The third-order valence-corrected chi connectivity index (χ3v) is 3.13. The maximum atomic E-state index is 5.87. The summed E-state index contributed by atoms with van der Waals surface area (Å²) in [6.07, 6.45) is 6.46. The van der Waals surface area contributed by atoms with E-state index < -0.39 is 0 Å². The Morgan fingerprint density at radius 3 is 2.81 bits per heavy atom. The van der Waals surface area contributed by atoms with Gasteiger partial charge in [0.1, 0.15) is 6.33 Å². The first-order chi connectivity index (χ1) is 7.81. The number of hydrogen-bond acceptors (Lipinski definition) is 4. The number of hydrogen-bond donors (Lipinski definition) is 0. The van der Waals surface area contributed by atoms with Gasteiger partial charge in [-0.25, -0.2) is 4.98 Å². The van der Waals surface area contributed by atoms with Crippen LogP contribution in [0.1, 0.15) is 25.7 Å². The van der Waals surface area contributed by atoms with Gasteiger partial charge in [-0.05, 0) is 18.8 Å². The Hall–Kier alpha value is -1.03. The summed E-state index contributed by atoms with van der Waals surface area (Å²) in [5, 5.41) is 0.291. The fourth-order valence-electron chi connectivity index (χ4n) is 1.99. The minimum atomic E-state index is 0.291. The lowest BCUT2D eigenvalue weighted by atomic mass is 10.1. The van der Waals surface area contributed by atoms with Crippen LogP contribution in [0.5, 0.6) is 11.6 Å². The highest BCUT2D eigenvalue weighted by Crippen LogP contribution is 2.32. The molecule has 2 rings (SSSR count). The zero-order valence-electron chi connectivity index (χ0n) is 9.28. The molecule has 88 valence electrons. The lowest BCUT2D eigenvalue weighted by Crippen LogP contribution is -2.10. The largest absolute Gasteiger partial charge is 0.489 e. The van der Waals surface area contributed by atoms with Crippen LogP contribution in [0.3, 0.4) is 0 Å². The minimum Gasteiger partial charge on any atom is -0.489 e. The van der Waals surface area contributed by atoms with Crippen LogP contribution in [0.15, 0.2) is 6.33 Å². The molecular formula is C11H15ClN2O2. The summed E-state index contributed by atoms with van der Waals surface area (Å²) in [5.41, 5.74) is 0. The molecule has 0 spiro atoms. The molecule has 1 aliphatic rings. The van der Waals surface area contributed by atoms with Crippen LogP contribution in [-0.2, 0) is 0 Å². The van der Waals surface area contributed by atoms with Gasteiger partial charge in [0.15, 0.2) is 5.15 Å². The van der Waals surface area contributed by atoms with Crippen molar-refractivity contribution >= 4 is 11.6 Å². The van der Waals surface area contributed by atoms with Crippen molar-refractivity contribution in [2.75, 3.05) is 13.7 Å². The molecule has 1 fully saturated rings. The van der Waals surface area contributed by atoms with E-state index in [0.29, 0.717) is 29.3 Å². The number of nitrogens with zero attached hydrogens (tertiary/aromatic N) is 2. The van der Waals surface area contributed by atoms with Gasteiger partial charge in [0.2, 0.25) is 5.75 Å². The molecule has 1 aromatic rings. The first-order valence-electron chi connectivity index (χ1n) is 5.48. The molecule has 0 amide bonds.